The fourth-order valence-corrected chi connectivity index (χ4v) is 6.84. The molecule has 220 valence electrons. The Balaban J connectivity index is 1.29. The van der Waals surface area contributed by atoms with Gasteiger partial charge in [-0.05, 0) is 49.3 Å². The van der Waals surface area contributed by atoms with E-state index in [0.29, 0.717) is 24.3 Å². The number of allylic oxidation sites excluding steroid dienone is 1. The topological polar surface area (TPSA) is 137 Å². The molecule has 3 N–H and O–H groups in total. The van der Waals surface area contributed by atoms with Crippen LogP contribution in [0.1, 0.15) is 44.9 Å². The van der Waals surface area contributed by atoms with Crippen LogP contribution in [0, 0.1) is 5.92 Å². The molecule has 1 aliphatic carbocycles. The Bertz CT molecular complexity index is 1510. The van der Waals surface area contributed by atoms with Gasteiger partial charge in [0, 0.05) is 24.6 Å². The van der Waals surface area contributed by atoms with E-state index in [1.54, 1.807) is 6.20 Å². The number of fused-ring (bicyclic) bond motifs is 3. The number of ether oxygens (including phenoxy) is 2. The molecule has 1 saturated carbocycles. The third-order valence-electron chi connectivity index (χ3n) is 8.43. The molecular weight excluding hydrogens is 554 g/mol. The van der Waals surface area contributed by atoms with Crippen molar-refractivity contribution in [2.24, 2.45) is 11.7 Å². The summed E-state index contributed by atoms with van der Waals surface area (Å²) in [7, 11) is 1.32. The fourth-order valence-electron chi connectivity index (χ4n) is 6.05. The normalized spacial score (nSPS) is 29.0. The number of carbonyl (C=O) groups is 3. The van der Waals surface area contributed by atoms with E-state index in [1.807, 2.05) is 41.8 Å². The lowest BCUT2D eigenvalue weighted by Crippen LogP contribution is -2.55. The number of amides is 2. The third-order valence-corrected chi connectivity index (χ3v) is 9.35. The van der Waals surface area contributed by atoms with E-state index >= 15 is 0 Å². The average molecular weight is 590 g/mol. The van der Waals surface area contributed by atoms with Crippen molar-refractivity contribution in [3.8, 4) is 17.1 Å². The molecule has 0 aromatic carbocycles. The number of nitrogens with zero attached hydrogens (tertiary/aromatic N) is 3. The number of nitrogens with two attached hydrogens (primary N) is 1. The number of hydrogen-bond donors (Lipinski definition) is 2. The molecule has 3 aromatic rings. The first-order chi connectivity index (χ1) is 20.4. The maximum atomic E-state index is 13.8. The molecule has 42 heavy (non-hydrogen) atoms. The lowest BCUT2D eigenvalue weighted by molar-refractivity contribution is -0.148. The lowest BCUT2D eigenvalue weighted by Gasteiger charge is -2.28. The number of rotatable bonds is 4. The summed E-state index contributed by atoms with van der Waals surface area (Å²) in [5, 5.41) is 4.92. The Morgan fingerprint density at radius 3 is 2.88 bits per heavy atom. The van der Waals surface area contributed by atoms with Crippen LogP contribution in [-0.4, -0.2) is 70.0 Å². The largest absolute Gasteiger partial charge is 0.487 e. The zero-order valence-corrected chi connectivity index (χ0v) is 24.3. The number of carbonyl (C=O) groups excluding carboxylic acids is 3. The lowest BCUT2D eigenvalue weighted by atomic mass is 10.1. The Labute approximate surface area is 248 Å². The molecule has 5 heterocycles. The first-order valence-electron chi connectivity index (χ1n) is 14.5. The van der Waals surface area contributed by atoms with Crippen LogP contribution in [0.4, 0.5) is 0 Å². The van der Waals surface area contributed by atoms with E-state index in [4.69, 9.17) is 20.2 Å². The van der Waals surface area contributed by atoms with Crippen LogP contribution in [0.25, 0.3) is 21.6 Å². The zero-order chi connectivity index (χ0) is 29.3. The van der Waals surface area contributed by atoms with Crippen LogP contribution < -0.4 is 15.8 Å². The van der Waals surface area contributed by atoms with Crippen LogP contribution in [-0.2, 0) is 19.1 Å². The number of esters is 1. The van der Waals surface area contributed by atoms with Gasteiger partial charge in [-0.25, -0.2) is 9.78 Å². The maximum Gasteiger partial charge on any atom is 0.332 e. The summed E-state index contributed by atoms with van der Waals surface area (Å²) < 4.78 is 12.5. The zero-order valence-electron chi connectivity index (χ0n) is 23.5. The highest BCUT2D eigenvalue weighted by Gasteiger charge is 2.62. The van der Waals surface area contributed by atoms with Crippen LogP contribution in [0.2, 0.25) is 0 Å². The molecule has 2 fully saturated rings. The van der Waals surface area contributed by atoms with Crippen molar-refractivity contribution in [1.29, 1.82) is 0 Å². The van der Waals surface area contributed by atoms with Gasteiger partial charge in [0.15, 0.2) is 0 Å². The first-order valence-corrected chi connectivity index (χ1v) is 15.4. The highest BCUT2D eigenvalue weighted by molar-refractivity contribution is 7.17. The molecule has 6 rings (SSSR count). The van der Waals surface area contributed by atoms with Crippen molar-refractivity contribution in [3.63, 3.8) is 0 Å². The summed E-state index contributed by atoms with van der Waals surface area (Å²) in [6.07, 6.45) is 10.2. The van der Waals surface area contributed by atoms with Crippen molar-refractivity contribution >= 4 is 39.3 Å². The highest BCUT2D eigenvalue weighted by atomic mass is 32.1. The highest BCUT2D eigenvalue weighted by Crippen LogP contribution is 2.46. The smallest absolute Gasteiger partial charge is 0.332 e. The Hall–Kier alpha value is -3.83. The second-order valence-corrected chi connectivity index (χ2v) is 12.2. The van der Waals surface area contributed by atoms with E-state index in [9.17, 15) is 14.4 Å². The predicted molar refractivity (Wildman–Crippen MR) is 159 cm³/mol. The van der Waals surface area contributed by atoms with Crippen LogP contribution in [0.3, 0.4) is 0 Å². The van der Waals surface area contributed by atoms with Crippen molar-refractivity contribution in [3.05, 3.63) is 54.1 Å². The molecule has 0 bridgehead atoms. The maximum absolute atomic E-state index is 13.8. The molecule has 0 unspecified atom stereocenters. The SMILES string of the molecule is COC(=O)[C@@]12C[C@H]1/C=C\CCCCC[C@H](N)C(=O)N1C[C@H](Oc3cc(-c4ccccn4)nc4ccsc34)C[C@H]1C(=O)N2. The second-order valence-electron chi connectivity index (χ2n) is 11.3. The van der Waals surface area contributed by atoms with Gasteiger partial charge < -0.3 is 25.4 Å². The van der Waals surface area contributed by atoms with E-state index < -0.39 is 35.6 Å². The standard InChI is InChI=1S/C31H35N5O5S/c1-40-30(39)31-17-19(31)9-5-3-2-4-6-10-21(32)29(38)36-18-20(15-25(36)28(37)35-31)41-26-16-24(22-11-7-8-13-33-22)34-23-12-14-42-27(23)26/h5,7-9,11-14,16,19-21,25H,2-4,6,10,15,17-18,32H2,1H3,(H,35,37)/b9-5-/t19-,20-,21+,25+,31-/m1/s1. The monoisotopic (exact) mass is 589 g/mol. The van der Waals surface area contributed by atoms with Crippen LogP contribution in [0.15, 0.2) is 54.1 Å². The van der Waals surface area contributed by atoms with Gasteiger partial charge in [0.2, 0.25) is 11.8 Å². The van der Waals surface area contributed by atoms with Gasteiger partial charge >= 0.3 is 5.97 Å². The Kier molecular flexibility index (Phi) is 7.96. The first kappa shape index (κ1) is 28.3. The van der Waals surface area contributed by atoms with Crippen LogP contribution >= 0.6 is 11.3 Å². The molecule has 11 heteroatoms. The van der Waals surface area contributed by atoms with Gasteiger partial charge in [-0.3, -0.25) is 14.6 Å². The van der Waals surface area contributed by atoms with E-state index in [2.05, 4.69) is 16.4 Å². The average Bonchev–Trinajstić information content (AvgIpc) is 3.31. The number of hydrogen-bond acceptors (Lipinski definition) is 9. The summed E-state index contributed by atoms with van der Waals surface area (Å²) in [6, 6.07) is 7.88. The number of thiophene rings is 1. The molecule has 0 spiro atoms. The van der Waals surface area contributed by atoms with Gasteiger partial charge in [-0.1, -0.05) is 31.1 Å². The van der Waals surface area contributed by atoms with E-state index in [1.165, 1.54) is 23.3 Å². The molecule has 0 radical (unpaired) electrons. The number of nitrogens with one attached hydrogen (secondary N) is 1. The second kappa shape index (κ2) is 11.8. The minimum atomic E-state index is -1.12. The van der Waals surface area contributed by atoms with Crippen molar-refractivity contribution in [1.82, 2.24) is 20.2 Å². The van der Waals surface area contributed by atoms with E-state index in [-0.39, 0.29) is 24.8 Å². The molecule has 10 nitrogen and oxygen atoms in total. The summed E-state index contributed by atoms with van der Waals surface area (Å²) in [6.45, 7) is 0.202. The van der Waals surface area contributed by atoms with Crippen molar-refractivity contribution in [2.45, 2.75) is 68.7 Å². The van der Waals surface area contributed by atoms with Gasteiger partial charge in [-0.15, -0.1) is 11.3 Å². The number of methoxy groups -OCH3 is 1. The van der Waals surface area contributed by atoms with Crippen molar-refractivity contribution in [2.75, 3.05) is 13.7 Å². The van der Waals surface area contributed by atoms with E-state index in [0.717, 1.165) is 41.6 Å². The minimum absolute atomic E-state index is 0.146. The summed E-state index contributed by atoms with van der Waals surface area (Å²) >= 11 is 1.52. The Morgan fingerprint density at radius 2 is 2.07 bits per heavy atom. The quantitative estimate of drug-likeness (QED) is 0.348. The van der Waals surface area contributed by atoms with Gasteiger partial charge in [0.1, 0.15) is 23.4 Å². The predicted octanol–water partition coefficient (Wildman–Crippen LogP) is 3.60. The molecular formula is C31H35N5O5S. The molecule has 3 aliphatic rings. The summed E-state index contributed by atoms with van der Waals surface area (Å²) in [4.78, 5) is 51.0. The molecule has 1 saturated heterocycles. The van der Waals surface area contributed by atoms with Gasteiger partial charge in [0.25, 0.3) is 0 Å². The minimum Gasteiger partial charge on any atom is -0.487 e. The summed E-state index contributed by atoms with van der Waals surface area (Å²) in [5.41, 5.74) is 7.43. The van der Waals surface area contributed by atoms with Gasteiger partial charge in [-0.2, -0.15) is 0 Å². The third kappa shape index (κ3) is 5.50. The number of aromatic nitrogens is 2. The number of pyridine rings is 2. The van der Waals surface area contributed by atoms with Crippen LogP contribution in [0.5, 0.6) is 5.75 Å². The molecule has 2 aliphatic heterocycles. The van der Waals surface area contributed by atoms with Crippen molar-refractivity contribution < 1.29 is 23.9 Å². The fraction of sp³-hybridized carbons (Fsp3) is 0.452. The molecule has 5 atom stereocenters. The molecule has 2 amide bonds. The van der Waals surface area contributed by atoms with Gasteiger partial charge in [0.05, 0.1) is 41.3 Å². The summed E-state index contributed by atoms with van der Waals surface area (Å²) in [5.74, 6) is -0.678. The molecule has 3 aromatic heterocycles. The Morgan fingerprint density at radius 1 is 1.19 bits per heavy atom.